The smallest absolute Gasteiger partial charge is 0.251 e. The van der Waals surface area contributed by atoms with E-state index in [1.54, 1.807) is 6.07 Å². The molecule has 1 amide bonds. The number of aromatic amines is 1. The number of aromatic nitrogens is 1. The van der Waals surface area contributed by atoms with Gasteiger partial charge in [-0.2, -0.15) is 0 Å². The van der Waals surface area contributed by atoms with E-state index in [-0.39, 0.29) is 17.5 Å². The molecular formula is C14H15N3O2. The molecule has 2 rings (SSSR count). The van der Waals surface area contributed by atoms with Gasteiger partial charge < -0.3 is 16.0 Å². The Labute approximate surface area is 110 Å². The van der Waals surface area contributed by atoms with Crippen molar-refractivity contribution in [1.29, 1.82) is 0 Å². The van der Waals surface area contributed by atoms with E-state index in [0.717, 1.165) is 5.56 Å². The molecule has 1 aromatic heterocycles. The number of carbonyl (C=O) groups is 1. The SMILES string of the molecule is NC(CNC(=O)c1cc[nH]c(=O)c1)c1ccccc1. The monoisotopic (exact) mass is 257 g/mol. The molecular weight excluding hydrogens is 242 g/mol. The largest absolute Gasteiger partial charge is 0.350 e. The summed E-state index contributed by atoms with van der Waals surface area (Å²) in [6.07, 6.45) is 1.44. The van der Waals surface area contributed by atoms with Crippen LogP contribution in [0.1, 0.15) is 22.0 Å². The van der Waals surface area contributed by atoms with Crippen molar-refractivity contribution in [3.05, 3.63) is 70.1 Å². The Bertz CT molecular complexity index is 607. The summed E-state index contributed by atoms with van der Waals surface area (Å²) in [5.74, 6) is -0.308. The van der Waals surface area contributed by atoms with Gasteiger partial charge in [-0.15, -0.1) is 0 Å². The Kier molecular flexibility index (Phi) is 4.10. The van der Waals surface area contributed by atoms with Crippen molar-refractivity contribution in [3.8, 4) is 0 Å². The minimum atomic E-state index is -0.308. The van der Waals surface area contributed by atoms with Crippen LogP contribution in [0.3, 0.4) is 0 Å². The molecule has 5 nitrogen and oxygen atoms in total. The van der Waals surface area contributed by atoms with E-state index in [2.05, 4.69) is 10.3 Å². The maximum atomic E-state index is 11.8. The van der Waals surface area contributed by atoms with Crippen molar-refractivity contribution in [3.63, 3.8) is 0 Å². The highest BCUT2D eigenvalue weighted by Crippen LogP contribution is 2.08. The topological polar surface area (TPSA) is 88.0 Å². The van der Waals surface area contributed by atoms with Gasteiger partial charge in [0.25, 0.3) is 5.91 Å². The summed E-state index contributed by atoms with van der Waals surface area (Å²) in [5.41, 5.74) is 6.94. The molecule has 0 bridgehead atoms. The van der Waals surface area contributed by atoms with Gasteiger partial charge in [0.05, 0.1) is 0 Å². The first-order valence-electron chi connectivity index (χ1n) is 5.94. The average Bonchev–Trinajstić information content (AvgIpc) is 2.45. The summed E-state index contributed by atoms with van der Waals surface area (Å²) in [4.78, 5) is 25.4. The minimum absolute atomic E-state index is 0.271. The van der Waals surface area contributed by atoms with Gasteiger partial charge in [0.2, 0.25) is 5.56 Å². The third-order valence-electron chi connectivity index (χ3n) is 2.75. The Hall–Kier alpha value is -2.40. The molecule has 1 aromatic carbocycles. The molecule has 0 aliphatic carbocycles. The molecule has 1 heterocycles. The number of nitrogens with two attached hydrogens (primary N) is 1. The van der Waals surface area contributed by atoms with Gasteiger partial charge in [-0.1, -0.05) is 30.3 Å². The highest BCUT2D eigenvalue weighted by molar-refractivity contribution is 5.93. The third-order valence-corrected chi connectivity index (χ3v) is 2.75. The fourth-order valence-corrected chi connectivity index (χ4v) is 1.71. The van der Waals surface area contributed by atoms with Crippen molar-refractivity contribution >= 4 is 5.91 Å². The predicted molar refractivity (Wildman–Crippen MR) is 72.8 cm³/mol. The fraction of sp³-hybridized carbons (Fsp3) is 0.143. The molecule has 2 aromatic rings. The molecule has 5 heteroatoms. The zero-order valence-corrected chi connectivity index (χ0v) is 10.3. The molecule has 1 atom stereocenters. The molecule has 0 spiro atoms. The van der Waals surface area contributed by atoms with Crippen molar-refractivity contribution in [2.75, 3.05) is 6.54 Å². The molecule has 1 unspecified atom stereocenters. The molecule has 98 valence electrons. The number of benzene rings is 1. The zero-order chi connectivity index (χ0) is 13.7. The Morgan fingerprint density at radius 3 is 2.68 bits per heavy atom. The lowest BCUT2D eigenvalue weighted by Gasteiger charge is -2.13. The molecule has 0 saturated carbocycles. The van der Waals surface area contributed by atoms with E-state index in [9.17, 15) is 9.59 Å². The van der Waals surface area contributed by atoms with Crippen LogP contribution in [0.15, 0.2) is 53.5 Å². The van der Waals surface area contributed by atoms with Gasteiger partial charge in [-0.25, -0.2) is 0 Å². The van der Waals surface area contributed by atoms with Crippen LogP contribution in [0, 0.1) is 0 Å². The Balaban J connectivity index is 1.96. The van der Waals surface area contributed by atoms with Gasteiger partial charge in [0.1, 0.15) is 0 Å². The third kappa shape index (κ3) is 3.53. The van der Waals surface area contributed by atoms with Crippen LogP contribution in [-0.2, 0) is 0 Å². The summed E-state index contributed by atoms with van der Waals surface area (Å²) in [5, 5.41) is 2.71. The Morgan fingerprint density at radius 2 is 2.00 bits per heavy atom. The fourth-order valence-electron chi connectivity index (χ4n) is 1.71. The number of pyridine rings is 1. The van der Waals surface area contributed by atoms with Crippen molar-refractivity contribution < 1.29 is 4.79 Å². The highest BCUT2D eigenvalue weighted by Gasteiger charge is 2.09. The lowest BCUT2D eigenvalue weighted by atomic mass is 10.1. The van der Waals surface area contributed by atoms with Crippen LogP contribution >= 0.6 is 0 Å². The number of nitrogens with one attached hydrogen (secondary N) is 2. The first kappa shape index (κ1) is 13.0. The first-order chi connectivity index (χ1) is 9.16. The molecule has 0 fully saturated rings. The normalized spacial score (nSPS) is 11.8. The number of hydrogen-bond acceptors (Lipinski definition) is 3. The first-order valence-corrected chi connectivity index (χ1v) is 5.94. The molecule has 4 N–H and O–H groups in total. The van der Waals surface area contributed by atoms with E-state index in [0.29, 0.717) is 12.1 Å². The van der Waals surface area contributed by atoms with Crippen LogP contribution in [-0.4, -0.2) is 17.4 Å². The maximum Gasteiger partial charge on any atom is 0.251 e. The second kappa shape index (κ2) is 5.97. The van der Waals surface area contributed by atoms with Crippen molar-refractivity contribution in [2.24, 2.45) is 5.73 Å². The second-order valence-electron chi connectivity index (χ2n) is 4.17. The summed E-state index contributed by atoms with van der Waals surface area (Å²) < 4.78 is 0. The van der Waals surface area contributed by atoms with Crippen LogP contribution in [0.4, 0.5) is 0 Å². The minimum Gasteiger partial charge on any atom is -0.350 e. The maximum absolute atomic E-state index is 11.8. The molecule has 0 radical (unpaired) electrons. The number of H-pyrrole nitrogens is 1. The van der Waals surface area contributed by atoms with Crippen molar-refractivity contribution in [1.82, 2.24) is 10.3 Å². The number of amides is 1. The second-order valence-corrected chi connectivity index (χ2v) is 4.17. The van der Waals surface area contributed by atoms with Gasteiger partial charge in [0, 0.05) is 30.4 Å². The predicted octanol–water partition coefficient (Wildman–Crippen LogP) is 0.805. The molecule has 0 aliphatic rings. The summed E-state index contributed by atoms with van der Waals surface area (Å²) >= 11 is 0. The van der Waals surface area contributed by atoms with Gasteiger partial charge in [-0.05, 0) is 11.6 Å². The molecule has 0 aliphatic heterocycles. The van der Waals surface area contributed by atoms with E-state index in [1.807, 2.05) is 30.3 Å². The van der Waals surface area contributed by atoms with Gasteiger partial charge in [0.15, 0.2) is 0 Å². The number of rotatable bonds is 4. The number of hydrogen-bond donors (Lipinski definition) is 3. The van der Waals surface area contributed by atoms with Crippen LogP contribution in [0.5, 0.6) is 0 Å². The van der Waals surface area contributed by atoms with E-state index < -0.39 is 0 Å². The van der Waals surface area contributed by atoms with Gasteiger partial charge >= 0.3 is 0 Å². The summed E-state index contributed by atoms with van der Waals surface area (Å²) in [7, 11) is 0. The van der Waals surface area contributed by atoms with Gasteiger partial charge in [-0.3, -0.25) is 9.59 Å². The standard InChI is InChI=1S/C14H15N3O2/c15-12(10-4-2-1-3-5-10)9-17-14(19)11-6-7-16-13(18)8-11/h1-8,12H,9,15H2,(H,16,18)(H,17,19). The average molecular weight is 257 g/mol. The zero-order valence-electron chi connectivity index (χ0n) is 10.3. The quantitative estimate of drug-likeness (QED) is 0.757. The highest BCUT2D eigenvalue weighted by atomic mass is 16.2. The number of carbonyl (C=O) groups excluding carboxylic acids is 1. The van der Waals surface area contributed by atoms with Crippen LogP contribution < -0.4 is 16.6 Å². The van der Waals surface area contributed by atoms with Crippen molar-refractivity contribution in [2.45, 2.75) is 6.04 Å². The molecule has 19 heavy (non-hydrogen) atoms. The summed E-state index contributed by atoms with van der Waals surface area (Å²) in [6.45, 7) is 0.315. The molecule has 0 saturated heterocycles. The van der Waals surface area contributed by atoms with Crippen LogP contribution in [0.25, 0.3) is 0 Å². The van der Waals surface area contributed by atoms with E-state index in [1.165, 1.54) is 12.3 Å². The van der Waals surface area contributed by atoms with E-state index in [4.69, 9.17) is 5.73 Å². The van der Waals surface area contributed by atoms with E-state index >= 15 is 0 Å². The van der Waals surface area contributed by atoms with Crippen LogP contribution in [0.2, 0.25) is 0 Å². The lowest BCUT2D eigenvalue weighted by Crippen LogP contribution is -2.32. The Morgan fingerprint density at radius 1 is 1.26 bits per heavy atom. The lowest BCUT2D eigenvalue weighted by molar-refractivity contribution is 0.0951. The summed E-state index contributed by atoms with van der Waals surface area (Å²) in [6, 6.07) is 12.0.